The van der Waals surface area contributed by atoms with Gasteiger partial charge in [0.2, 0.25) is 5.91 Å². The van der Waals surface area contributed by atoms with Gasteiger partial charge in [0, 0.05) is 13.0 Å². The van der Waals surface area contributed by atoms with Gasteiger partial charge in [-0.3, -0.25) is 19.3 Å². The molecule has 1 atom stereocenters. The summed E-state index contributed by atoms with van der Waals surface area (Å²) in [7, 11) is 0. The molecule has 1 heterocycles. The Labute approximate surface area is 121 Å². The molecule has 1 aliphatic carbocycles. The normalized spacial score (nSPS) is 24.9. The first kappa shape index (κ1) is 15.3. The lowest BCUT2D eigenvalue weighted by atomic mass is 9.96. The van der Waals surface area contributed by atoms with Gasteiger partial charge < -0.3 is 15.7 Å². The second kappa shape index (κ2) is 5.71. The number of carboxylic acid groups (broad SMARTS) is 1. The Morgan fingerprint density at radius 2 is 2.10 bits per heavy atom. The third-order valence-corrected chi connectivity index (χ3v) is 3.89. The van der Waals surface area contributed by atoms with Crippen molar-refractivity contribution in [2.45, 2.75) is 38.1 Å². The summed E-state index contributed by atoms with van der Waals surface area (Å²) in [5.41, 5.74) is -0.888. The standard InChI is InChI=1S/C13H19N3O5/c1-13(8-4-5-8)11(20)16(12(21)15-13)7-9(17)14-6-2-3-10(18)19/h8H,2-7H2,1H3,(H,14,17)(H,15,21)(H,18,19). The van der Waals surface area contributed by atoms with E-state index in [1.165, 1.54) is 0 Å². The molecule has 8 heteroatoms. The van der Waals surface area contributed by atoms with E-state index in [-0.39, 0.29) is 31.3 Å². The largest absolute Gasteiger partial charge is 0.481 e. The molecule has 21 heavy (non-hydrogen) atoms. The van der Waals surface area contributed by atoms with Gasteiger partial charge in [0.25, 0.3) is 5.91 Å². The topological polar surface area (TPSA) is 116 Å². The van der Waals surface area contributed by atoms with Crippen molar-refractivity contribution < 1.29 is 24.3 Å². The Kier molecular flexibility index (Phi) is 4.15. The molecule has 2 fully saturated rings. The van der Waals surface area contributed by atoms with Crippen LogP contribution in [0.1, 0.15) is 32.6 Å². The van der Waals surface area contributed by atoms with E-state index in [0.717, 1.165) is 17.7 Å². The maximum absolute atomic E-state index is 12.3. The number of nitrogens with zero attached hydrogens (tertiary/aromatic N) is 1. The van der Waals surface area contributed by atoms with Gasteiger partial charge in [-0.15, -0.1) is 0 Å². The first-order valence-corrected chi connectivity index (χ1v) is 6.97. The molecular formula is C13H19N3O5. The van der Waals surface area contributed by atoms with Crippen LogP contribution in [0.5, 0.6) is 0 Å². The van der Waals surface area contributed by atoms with Crippen molar-refractivity contribution in [2.75, 3.05) is 13.1 Å². The highest BCUT2D eigenvalue weighted by Crippen LogP contribution is 2.42. The van der Waals surface area contributed by atoms with Crippen LogP contribution >= 0.6 is 0 Å². The van der Waals surface area contributed by atoms with Gasteiger partial charge in [0.05, 0.1) is 0 Å². The summed E-state index contributed by atoms with van der Waals surface area (Å²) in [6.07, 6.45) is 2.07. The van der Waals surface area contributed by atoms with Crippen LogP contribution in [0.2, 0.25) is 0 Å². The Morgan fingerprint density at radius 3 is 2.67 bits per heavy atom. The van der Waals surface area contributed by atoms with E-state index in [9.17, 15) is 19.2 Å². The second-order valence-electron chi connectivity index (χ2n) is 5.65. The maximum Gasteiger partial charge on any atom is 0.325 e. The minimum absolute atomic E-state index is 0.0385. The van der Waals surface area contributed by atoms with Gasteiger partial charge in [-0.2, -0.15) is 0 Å². The van der Waals surface area contributed by atoms with Crippen LogP contribution < -0.4 is 10.6 Å². The van der Waals surface area contributed by atoms with E-state index >= 15 is 0 Å². The van der Waals surface area contributed by atoms with Gasteiger partial charge in [-0.05, 0) is 32.1 Å². The van der Waals surface area contributed by atoms with Gasteiger partial charge in [0.15, 0.2) is 0 Å². The van der Waals surface area contributed by atoms with Crippen molar-refractivity contribution in [3.8, 4) is 0 Å². The molecule has 1 saturated carbocycles. The molecule has 0 aromatic rings. The van der Waals surface area contributed by atoms with Crippen LogP contribution in [0.15, 0.2) is 0 Å². The average molecular weight is 297 g/mol. The number of nitrogens with one attached hydrogen (secondary N) is 2. The minimum Gasteiger partial charge on any atom is -0.481 e. The van der Waals surface area contributed by atoms with Crippen molar-refractivity contribution in [3.05, 3.63) is 0 Å². The van der Waals surface area contributed by atoms with Crippen LogP contribution in [0, 0.1) is 5.92 Å². The number of hydrogen-bond donors (Lipinski definition) is 3. The number of amides is 4. The SMILES string of the molecule is CC1(C2CC2)NC(=O)N(CC(=O)NCCCC(=O)O)C1=O. The summed E-state index contributed by atoms with van der Waals surface area (Å²) < 4.78 is 0. The van der Waals surface area contributed by atoms with E-state index in [4.69, 9.17) is 5.11 Å². The van der Waals surface area contributed by atoms with Crippen molar-refractivity contribution in [3.63, 3.8) is 0 Å². The minimum atomic E-state index is -0.932. The summed E-state index contributed by atoms with van der Waals surface area (Å²) in [4.78, 5) is 47.0. The Morgan fingerprint density at radius 1 is 1.43 bits per heavy atom. The number of carboxylic acids is 1. The zero-order chi connectivity index (χ0) is 15.6. The van der Waals surface area contributed by atoms with E-state index in [2.05, 4.69) is 10.6 Å². The lowest BCUT2D eigenvalue weighted by Crippen LogP contribution is -2.47. The molecule has 0 radical (unpaired) electrons. The molecule has 1 saturated heterocycles. The number of imide groups is 1. The number of carbonyl (C=O) groups is 4. The quantitative estimate of drug-likeness (QED) is 0.440. The van der Waals surface area contributed by atoms with Crippen molar-refractivity contribution in [1.82, 2.24) is 15.5 Å². The number of rotatable bonds is 7. The van der Waals surface area contributed by atoms with Crippen LogP contribution in [0.4, 0.5) is 4.79 Å². The zero-order valence-corrected chi connectivity index (χ0v) is 11.8. The first-order chi connectivity index (χ1) is 9.84. The van der Waals surface area contributed by atoms with E-state index < -0.39 is 23.4 Å². The molecule has 0 aromatic heterocycles. The number of aliphatic carboxylic acids is 1. The molecule has 4 amide bonds. The number of urea groups is 1. The summed E-state index contributed by atoms with van der Waals surface area (Å²) >= 11 is 0. The van der Waals surface area contributed by atoms with Crippen molar-refractivity contribution >= 4 is 23.8 Å². The number of carbonyl (C=O) groups excluding carboxylic acids is 3. The predicted octanol–water partition coefficient (Wildman–Crippen LogP) is -0.312. The predicted molar refractivity (Wildman–Crippen MR) is 71.3 cm³/mol. The smallest absolute Gasteiger partial charge is 0.325 e. The third-order valence-electron chi connectivity index (χ3n) is 3.89. The molecule has 0 spiro atoms. The molecule has 116 valence electrons. The molecule has 2 rings (SSSR count). The van der Waals surface area contributed by atoms with Crippen molar-refractivity contribution in [1.29, 1.82) is 0 Å². The summed E-state index contributed by atoms with van der Waals surface area (Å²) in [5, 5.41) is 13.6. The third kappa shape index (κ3) is 3.32. The van der Waals surface area contributed by atoms with Gasteiger partial charge in [-0.25, -0.2) is 4.79 Å². The van der Waals surface area contributed by atoms with Crippen LogP contribution in [-0.4, -0.2) is 52.4 Å². The van der Waals surface area contributed by atoms with Gasteiger partial charge >= 0.3 is 12.0 Å². The van der Waals surface area contributed by atoms with Gasteiger partial charge in [0.1, 0.15) is 12.1 Å². The maximum atomic E-state index is 12.3. The summed E-state index contributed by atoms with van der Waals surface area (Å²) in [5.74, 6) is -1.62. The van der Waals surface area contributed by atoms with Crippen molar-refractivity contribution in [2.24, 2.45) is 5.92 Å². The highest BCUT2D eigenvalue weighted by molar-refractivity contribution is 6.09. The summed E-state index contributed by atoms with van der Waals surface area (Å²) in [6.45, 7) is 1.56. The average Bonchev–Trinajstić information content (AvgIpc) is 3.21. The fraction of sp³-hybridized carbons (Fsp3) is 0.692. The number of hydrogen-bond acceptors (Lipinski definition) is 4. The fourth-order valence-electron chi connectivity index (χ4n) is 2.46. The molecule has 3 N–H and O–H groups in total. The molecular weight excluding hydrogens is 278 g/mol. The summed E-state index contributed by atoms with van der Waals surface area (Å²) in [6, 6.07) is -0.546. The molecule has 0 bridgehead atoms. The van der Waals surface area contributed by atoms with Crippen LogP contribution in [0.25, 0.3) is 0 Å². The molecule has 2 aliphatic rings. The van der Waals surface area contributed by atoms with E-state index in [1.807, 2.05) is 0 Å². The zero-order valence-electron chi connectivity index (χ0n) is 11.8. The Hall–Kier alpha value is -2.12. The van der Waals surface area contributed by atoms with E-state index in [1.54, 1.807) is 6.92 Å². The monoisotopic (exact) mass is 297 g/mol. The molecule has 0 aromatic carbocycles. The Balaban J connectivity index is 1.82. The molecule has 1 aliphatic heterocycles. The van der Waals surface area contributed by atoms with Crippen LogP contribution in [-0.2, 0) is 14.4 Å². The molecule has 8 nitrogen and oxygen atoms in total. The fourth-order valence-corrected chi connectivity index (χ4v) is 2.46. The van der Waals surface area contributed by atoms with Crippen LogP contribution in [0.3, 0.4) is 0 Å². The second-order valence-corrected chi connectivity index (χ2v) is 5.65. The highest BCUT2D eigenvalue weighted by atomic mass is 16.4. The van der Waals surface area contributed by atoms with E-state index in [0.29, 0.717) is 6.42 Å². The molecule has 1 unspecified atom stereocenters. The first-order valence-electron chi connectivity index (χ1n) is 6.97. The van der Waals surface area contributed by atoms with Gasteiger partial charge in [-0.1, -0.05) is 0 Å². The Bertz CT molecular complexity index is 488. The lowest BCUT2D eigenvalue weighted by molar-refractivity contribution is -0.137. The lowest BCUT2D eigenvalue weighted by Gasteiger charge is -2.20. The highest BCUT2D eigenvalue weighted by Gasteiger charge is 2.56.